The van der Waals surface area contributed by atoms with Crippen LogP contribution in [-0.4, -0.2) is 38.3 Å². The molecule has 1 N–H and O–H groups in total. The van der Waals surface area contributed by atoms with Crippen LogP contribution in [0.2, 0.25) is 0 Å². The van der Waals surface area contributed by atoms with E-state index in [2.05, 4.69) is 11.2 Å². The largest absolute Gasteiger partial charge is 0.351 e. The monoisotopic (exact) mass is 320 g/mol. The van der Waals surface area contributed by atoms with E-state index >= 15 is 0 Å². The van der Waals surface area contributed by atoms with Crippen molar-refractivity contribution in [2.75, 3.05) is 19.6 Å². The highest BCUT2D eigenvalue weighted by Gasteiger charge is 2.25. The fraction of sp³-hybridized carbons (Fsp3) is 0.438. The molecule has 1 aromatic carbocycles. The van der Waals surface area contributed by atoms with E-state index in [1.54, 1.807) is 0 Å². The smallest absolute Gasteiger partial charge is 0.251 e. The number of carbonyl (C=O) groups excluding carboxylic acids is 1. The van der Waals surface area contributed by atoms with Crippen LogP contribution in [0, 0.1) is 12.3 Å². The van der Waals surface area contributed by atoms with Crippen molar-refractivity contribution in [2.24, 2.45) is 0 Å². The van der Waals surface area contributed by atoms with Crippen molar-refractivity contribution < 1.29 is 13.2 Å². The molecular weight excluding hydrogens is 300 g/mol. The predicted octanol–water partition coefficient (Wildman–Crippen LogP) is 1.61. The van der Waals surface area contributed by atoms with Gasteiger partial charge in [-0.25, -0.2) is 8.42 Å². The van der Waals surface area contributed by atoms with Gasteiger partial charge in [0.1, 0.15) is 0 Å². The predicted molar refractivity (Wildman–Crippen MR) is 84.8 cm³/mol. The lowest BCUT2D eigenvalue weighted by atomic mass is 10.2. The lowest BCUT2D eigenvalue weighted by Gasteiger charge is -2.25. The van der Waals surface area contributed by atoms with Gasteiger partial charge < -0.3 is 5.32 Å². The average molecular weight is 320 g/mol. The number of nitrogens with one attached hydrogen (secondary N) is 1. The lowest BCUT2D eigenvalue weighted by Crippen LogP contribution is -2.35. The third-order valence-corrected chi connectivity index (χ3v) is 5.54. The van der Waals surface area contributed by atoms with E-state index < -0.39 is 10.0 Å². The standard InChI is InChI=1S/C16H20N2O3S/c1-2-3-11-17-16(19)14-7-9-15(10-8-14)22(20,21)18-12-5-4-6-13-18/h1,7-10H,3-6,11-13H2,(H,17,19). The van der Waals surface area contributed by atoms with Gasteiger partial charge in [0.05, 0.1) is 4.90 Å². The Morgan fingerprint density at radius 3 is 2.41 bits per heavy atom. The second kappa shape index (κ2) is 7.43. The van der Waals surface area contributed by atoms with Gasteiger partial charge in [-0.1, -0.05) is 6.42 Å². The van der Waals surface area contributed by atoms with E-state index in [1.807, 2.05) is 0 Å². The van der Waals surface area contributed by atoms with E-state index in [0.717, 1.165) is 19.3 Å². The molecule has 118 valence electrons. The molecule has 1 aromatic rings. The number of carbonyl (C=O) groups is 1. The number of piperidine rings is 1. The number of benzene rings is 1. The van der Waals surface area contributed by atoms with Gasteiger partial charge in [0.15, 0.2) is 0 Å². The molecule has 6 heteroatoms. The van der Waals surface area contributed by atoms with Gasteiger partial charge in [0, 0.05) is 31.6 Å². The molecule has 0 unspecified atom stereocenters. The van der Waals surface area contributed by atoms with E-state index in [-0.39, 0.29) is 10.8 Å². The van der Waals surface area contributed by atoms with Gasteiger partial charge in [-0.3, -0.25) is 4.79 Å². The van der Waals surface area contributed by atoms with Crippen molar-refractivity contribution in [3.05, 3.63) is 29.8 Å². The van der Waals surface area contributed by atoms with Crippen LogP contribution in [0.4, 0.5) is 0 Å². The third-order valence-electron chi connectivity index (χ3n) is 3.62. The Morgan fingerprint density at radius 2 is 1.82 bits per heavy atom. The minimum atomic E-state index is -3.45. The molecule has 0 radical (unpaired) electrons. The average Bonchev–Trinajstić information content (AvgIpc) is 2.56. The first-order valence-electron chi connectivity index (χ1n) is 7.37. The highest BCUT2D eigenvalue weighted by molar-refractivity contribution is 7.89. The Morgan fingerprint density at radius 1 is 1.18 bits per heavy atom. The number of hydrogen-bond donors (Lipinski definition) is 1. The minimum absolute atomic E-state index is 0.231. The highest BCUT2D eigenvalue weighted by atomic mass is 32.2. The van der Waals surface area contributed by atoms with Crippen LogP contribution in [0.25, 0.3) is 0 Å². The first-order chi connectivity index (χ1) is 10.6. The van der Waals surface area contributed by atoms with Crippen molar-refractivity contribution >= 4 is 15.9 Å². The van der Waals surface area contributed by atoms with Crippen LogP contribution in [0.1, 0.15) is 36.0 Å². The number of sulfonamides is 1. The van der Waals surface area contributed by atoms with Gasteiger partial charge >= 0.3 is 0 Å². The summed E-state index contributed by atoms with van der Waals surface area (Å²) in [5.74, 6) is 2.19. The van der Waals surface area contributed by atoms with Crippen molar-refractivity contribution in [1.29, 1.82) is 0 Å². The van der Waals surface area contributed by atoms with Crippen LogP contribution in [0.15, 0.2) is 29.2 Å². The maximum absolute atomic E-state index is 12.5. The van der Waals surface area contributed by atoms with Crippen molar-refractivity contribution in [3.63, 3.8) is 0 Å². The summed E-state index contributed by atoms with van der Waals surface area (Å²) in [5.41, 5.74) is 0.426. The molecule has 0 aromatic heterocycles. The van der Waals surface area contributed by atoms with E-state index in [9.17, 15) is 13.2 Å². The molecule has 0 bridgehead atoms. The summed E-state index contributed by atoms with van der Waals surface area (Å²) in [6.45, 7) is 1.54. The summed E-state index contributed by atoms with van der Waals surface area (Å²) < 4.78 is 26.5. The van der Waals surface area contributed by atoms with Crippen LogP contribution in [0.3, 0.4) is 0 Å². The molecule has 22 heavy (non-hydrogen) atoms. The Kier molecular flexibility index (Phi) is 5.58. The maximum atomic E-state index is 12.5. The molecule has 0 saturated carbocycles. The topological polar surface area (TPSA) is 66.5 Å². The fourth-order valence-electron chi connectivity index (χ4n) is 2.38. The minimum Gasteiger partial charge on any atom is -0.351 e. The zero-order valence-corrected chi connectivity index (χ0v) is 13.2. The summed E-state index contributed by atoms with van der Waals surface area (Å²) in [5, 5.41) is 2.68. The highest BCUT2D eigenvalue weighted by Crippen LogP contribution is 2.20. The van der Waals surface area contributed by atoms with Crippen LogP contribution >= 0.6 is 0 Å². The van der Waals surface area contributed by atoms with Gasteiger partial charge in [-0.15, -0.1) is 12.3 Å². The van der Waals surface area contributed by atoms with Gasteiger partial charge in [0.2, 0.25) is 10.0 Å². The lowest BCUT2D eigenvalue weighted by molar-refractivity contribution is 0.0954. The molecule has 0 aliphatic carbocycles. The quantitative estimate of drug-likeness (QED) is 0.662. The first kappa shape index (κ1) is 16.5. The first-order valence-corrected chi connectivity index (χ1v) is 8.81. The summed E-state index contributed by atoms with van der Waals surface area (Å²) in [6.07, 6.45) is 8.45. The zero-order chi connectivity index (χ0) is 16.0. The van der Waals surface area contributed by atoms with E-state index in [1.165, 1.54) is 28.6 Å². The molecule has 0 spiro atoms. The molecule has 1 aliphatic rings. The van der Waals surface area contributed by atoms with Gasteiger partial charge in [0.25, 0.3) is 5.91 Å². The van der Waals surface area contributed by atoms with Crippen molar-refractivity contribution in [1.82, 2.24) is 9.62 Å². The Balaban J connectivity index is 2.08. The molecular formula is C16H20N2O3S. The summed E-state index contributed by atoms with van der Waals surface area (Å²) >= 11 is 0. The molecule has 1 heterocycles. The van der Waals surface area contributed by atoms with Gasteiger partial charge in [-0.2, -0.15) is 4.31 Å². The Labute approximate surface area is 131 Å². The second-order valence-electron chi connectivity index (χ2n) is 5.20. The van der Waals surface area contributed by atoms with Crippen molar-refractivity contribution in [3.8, 4) is 12.3 Å². The van der Waals surface area contributed by atoms with Crippen LogP contribution in [-0.2, 0) is 10.0 Å². The molecule has 1 fully saturated rings. The van der Waals surface area contributed by atoms with Crippen LogP contribution in [0.5, 0.6) is 0 Å². The Hall–Kier alpha value is -1.84. The number of hydrogen-bond acceptors (Lipinski definition) is 3. The zero-order valence-electron chi connectivity index (χ0n) is 12.4. The van der Waals surface area contributed by atoms with Crippen LogP contribution < -0.4 is 5.32 Å². The second-order valence-corrected chi connectivity index (χ2v) is 7.14. The number of amides is 1. The summed E-state index contributed by atoms with van der Waals surface area (Å²) in [7, 11) is -3.45. The van der Waals surface area contributed by atoms with E-state index in [4.69, 9.17) is 6.42 Å². The van der Waals surface area contributed by atoms with Crippen molar-refractivity contribution in [2.45, 2.75) is 30.6 Å². The summed E-state index contributed by atoms with van der Waals surface area (Å²) in [6, 6.07) is 6.03. The number of rotatable bonds is 5. The molecule has 2 rings (SSSR count). The molecule has 5 nitrogen and oxygen atoms in total. The van der Waals surface area contributed by atoms with E-state index in [0.29, 0.717) is 31.6 Å². The molecule has 1 amide bonds. The molecule has 0 atom stereocenters. The molecule has 1 saturated heterocycles. The third kappa shape index (κ3) is 3.87. The number of nitrogens with zero attached hydrogens (tertiary/aromatic N) is 1. The Bertz CT molecular complexity index is 654. The summed E-state index contributed by atoms with van der Waals surface area (Å²) in [4.78, 5) is 12.1. The normalized spacial score (nSPS) is 16.0. The fourth-order valence-corrected chi connectivity index (χ4v) is 3.90. The SMILES string of the molecule is C#CCCNC(=O)c1ccc(S(=O)(=O)N2CCCCC2)cc1. The van der Waals surface area contributed by atoms with Gasteiger partial charge in [-0.05, 0) is 37.1 Å². The maximum Gasteiger partial charge on any atom is 0.251 e. The molecule has 1 aliphatic heterocycles. The number of terminal acetylenes is 1.